The average Bonchev–Trinajstić information content (AvgIpc) is 3.05. The Hall–Kier alpha value is -2.44. The minimum atomic E-state index is -0.514. The van der Waals surface area contributed by atoms with Gasteiger partial charge in [0.25, 0.3) is 0 Å². The highest BCUT2D eigenvalue weighted by atomic mass is 35.5. The Balaban J connectivity index is 1.78. The van der Waals surface area contributed by atoms with E-state index in [-0.39, 0.29) is 24.8 Å². The fourth-order valence-corrected chi connectivity index (χ4v) is 3.41. The summed E-state index contributed by atoms with van der Waals surface area (Å²) in [4.78, 5) is 26.7. The van der Waals surface area contributed by atoms with Crippen molar-refractivity contribution in [2.75, 3.05) is 31.0 Å². The van der Waals surface area contributed by atoms with Crippen LogP contribution < -0.4 is 19.7 Å². The first-order valence-corrected chi connectivity index (χ1v) is 8.97. The Morgan fingerprint density at radius 2 is 1.93 bits per heavy atom. The van der Waals surface area contributed by atoms with Crippen molar-refractivity contribution in [2.24, 2.45) is 5.92 Å². The Bertz CT molecular complexity index is 888. The lowest BCUT2D eigenvalue weighted by atomic mass is 10.1. The molecule has 0 saturated carbocycles. The Kier molecular flexibility index (Phi) is 5.77. The molecule has 0 aliphatic carbocycles. The lowest BCUT2D eigenvalue weighted by Gasteiger charge is -2.20. The first-order chi connectivity index (χ1) is 12.9. The summed E-state index contributed by atoms with van der Waals surface area (Å²) >= 11 is 12.0. The normalized spacial score (nSPS) is 16.4. The highest BCUT2D eigenvalue weighted by Crippen LogP contribution is 2.36. The number of carbonyl (C=O) groups excluding carboxylic acids is 2. The van der Waals surface area contributed by atoms with E-state index in [0.29, 0.717) is 32.9 Å². The van der Waals surface area contributed by atoms with Crippen LogP contribution in [0.2, 0.25) is 10.0 Å². The second kappa shape index (κ2) is 8.06. The standard InChI is InChI=1S/C19H18Cl2N2O4/c1-26-13-4-6-17(27-2)16(9-13)23-10-11(7-18(23)24)19(25)22-15-5-3-12(20)8-14(15)21/h3-6,8-9,11H,7,10H2,1-2H3,(H,22,25)/t11-/m1/s1. The zero-order chi connectivity index (χ0) is 19.6. The van der Waals surface area contributed by atoms with Crippen LogP contribution in [0.5, 0.6) is 11.5 Å². The van der Waals surface area contributed by atoms with Gasteiger partial charge < -0.3 is 19.7 Å². The summed E-state index contributed by atoms with van der Waals surface area (Å²) < 4.78 is 10.6. The van der Waals surface area contributed by atoms with Gasteiger partial charge in [0.1, 0.15) is 11.5 Å². The molecule has 3 rings (SSSR count). The molecule has 27 heavy (non-hydrogen) atoms. The van der Waals surface area contributed by atoms with Crippen molar-refractivity contribution >= 4 is 46.4 Å². The topological polar surface area (TPSA) is 67.9 Å². The molecule has 2 aromatic carbocycles. The van der Waals surface area contributed by atoms with Crippen LogP contribution in [-0.2, 0) is 9.59 Å². The molecule has 1 atom stereocenters. The van der Waals surface area contributed by atoms with Crippen LogP contribution >= 0.6 is 23.2 Å². The number of hydrogen-bond donors (Lipinski definition) is 1. The fraction of sp³-hybridized carbons (Fsp3) is 0.263. The van der Waals surface area contributed by atoms with E-state index in [1.54, 1.807) is 43.5 Å². The number of carbonyl (C=O) groups is 2. The van der Waals surface area contributed by atoms with Crippen molar-refractivity contribution in [3.05, 3.63) is 46.4 Å². The number of rotatable bonds is 5. The fourth-order valence-electron chi connectivity index (χ4n) is 2.95. The van der Waals surface area contributed by atoms with Crippen molar-refractivity contribution in [2.45, 2.75) is 6.42 Å². The van der Waals surface area contributed by atoms with Gasteiger partial charge in [0.15, 0.2) is 0 Å². The molecule has 0 spiro atoms. The lowest BCUT2D eigenvalue weighted by Crippen LogP contribution is -2.28. The molecule has 2 amide bonds. The highest BCUT2D eigenvalue weighted by Gasteiger charge is 2.36. The molecule has 0 radical (unpaired) electrons. The smallest absolute Gasteiger partial charge is 0.229 e. The van der Waals surface area contributed by atoms with E-state index < -0.39 is 5.92 Å². The van der Waals surface area contributed by atoms with E-state index in [1.165, 1.54) is 12.0 Å². The van der Waals surface area contributed by atoms with Gasteiger partial charge in [0.05, 0.1) is 36.5 Å². The second-order valence-corrected chi connectivity index (χ2v) is 6.90. The number of methoxy groups -OCH3 is 2. The lowest BCUT2D eigenvalue weighted by molar-refractivity contribution is -0.122. The molecule has 1 aliphatic heterocycles. The molecule has 1 saturated heterocycles. The van der Waals surface area contributed by atoms with Crippen LogP contribution in [0.25, 0.3) is 0 Å². The largest absolute Gasteiger partial charge is 0.497 e. The molecule has 6 nitrogen and oxygen atoms in total. The van der Waals surface area contributed by atoms with Crippen molar-refractivity contribution in [1.29, 1.82) is 0 Å². The molecule has 142 valence electrons. The van der Waals surface area contributed by atoms with Gasteiger partial charge in [0, 0.05) is 24.1 Å². The van der Waals surface area contributed by atoms with Gasteiger partial charge in [0.2, 0.25) is 11.8 Å². The maximum Gasteiger partial charge on any atom is 0.229 e. The summed E-state index contributed by atoms with van der Waals surface area (Å²) in [7, 11) is 3.07. The molecule has 0 aromatic heterocycles. The summed E-state index contributed by atoms with van der Waals surface area (Å²) in [5.41, 5.74) is 1.03. The SMILES string of the molecule is COc1ccc(OC)c(N2C[C@H](C(=O)Nc3ccc(Cl)cc3Cl)CC2=O)c1. The molecular weight excluding hydrogens is 391 g/mol. The molecule has 8 heteroatoms. The highest BCUT2D eigenvalue weighted by molar-refractivity contribution is 6.36. The van der Waals surface area contributed by atoms with Crippen LogP contribution in [0, 0.1) is 5.92 Å². The average molecular weight is 409 g/mol. The number of anilines is 2. The van der Waals surface area contributed by atoms with E-state index >= 15 is 0 Å². The summed E-state index contributed by atoms with van der Waals surface area (Å²) in [6.07, 6.45) is 0.0946. The summed E-state index contributed by atoms with van der Waals surface area (Å²) in [6.45, 7) is 0.236. The number of halogens is 2. The maximum atomic E-state index is 12.6. The van der Waals surface area contributed by atoms with Crippen LogP contribution in [-0.4, -0.2) is 32.6 Å². The molecule has 1 heterocycles. The van der Waals surface area contributed by atoms with Crippen molar-refractivity contribution in [3.8, 4) is 11.5 Å². The maximum absolute atomic E-state index is 12.6. The first-order valence-electron chi connectivity index (χ1n) is 8.21. The Morgan fingerprint density at radius 3 is 2.59 bits per heavy atom. The predicted octanol–water partition coefficient (Wildman–Crippen LogP) is 4.00. The monoisotopic (exact) mass is 408 g/mol. The molecule has 1 aliphatic rings. The van der Waals surface area contributed by atoms with Gasteiger partial charge in [-0.25, -0.2) is 0 Å². The van der Waals surface area contributed by atoms with Crippen LogP contribution in [0.3, 0.4) is 0 Å². The van der Waals surface area contributed by atoms with Gasteiger partial charge in [-0.15, -0.1) is 0 Å². The third-order valence-corrected chi connectivity index (χ3v) is 4.91. The zero-order valence-corrected chi connectivity index (χ0v) is 16.3. The molecule has 1 fully saturated rings. The Morgan fingerprint density at radius 1 is 1.15 bits per heavy atom. The molecule has 0 bridgehead atoms. The van der Waals surface area contributed by atoms with Gasteiger partial charge in [-0.05, 0) is 30.3 Å². The third kappa shape index (κ3) is 4.12. The molecule has 1 N–H and O–H groups in total. The zero-order valence-electron chi connectivity index (χ0n) is 14.8. The Labute approximate surface area is 167 Å². The number of amides is 2. The summed E-state index contributed by atoms with van der Waals surface area (Å²) in [5.74, 6) is 0.173. The summed E-state index contributed by atoms with van der Waals surface area (Å²) in [5, 5.41) is 3.58. The first kappa shape index (κ1) is 19.3. The quantitative estimate of drug-likeness (QED) is 0.811. The second-order valence-electron chi connectivity index (χ2n) is 6.06. The predicted molar refractivity (Wildman–Crippen MR) is 105 cm³/mol. The van der Waals surface area contributed by atoms with Crippen LogP contribution in [0.15, 0.2) is 36.4 Å². The van der Waals surface area contributed by atoms with Crippen molar-refractivity contribution in [1.82, 2.24) is 0 Å². The number of nitrogens with zero attached hydrogens (tertiary/aromatic N) is 1. The minimum absolute atomic E-state index is 0.0946. The molecule has 2 aromatic rings. The van der Waals surface area contributed by atoms with Crippen LogP contribution in [0.1, 0.15) is 6.42 Å². The third-order valence-electron chi connectivity index (χ3n) is 4.36. The van der Waals surface area contributed by atoms with Crippen molar-refractivity contribution in [3.63, 3.8) is 0 Å². The number of hydrogen-bond acceptors (Lipinski definition) is 4. The van der Waals surface area contributed by atoms with E-state index in [0.717, 1.165) is 0 Å². The van der Waals surface area contributed by atoms with Crippen molar-refractivity contribution < 1.29 is 19.1 Å². The summed E-state index contributed by atoms with van der Waals surface area (Å²) in [6, 6.07) is 10.00. The molecule has 0 unspecified atom stereocenters. The van der Waals surface area contributed by atoms with Crippen LogP contribution in [0.4, 0.5) is 11.4 Å². The molecular formula is C19H18Cl2N2O4. The minimum Gasteiger partial charge on any atom is -0.497 e. The van der Waals surface area contributed by atoms with E-state index in [2.05, 4.69) is 5.32 Å². The van der Waals surface area contributed by atoms with Gasteiger partial charge in [-0.2, -0.15) is 0 Å². The van der Waals surface area contributed by atoms with E-state index in [4.69, 9.17) is 32.7 Å². The van der Waals surface area contributed by atoms with Gasteiger partial charge >= 0.3 is 0 Å². The number of nitrogens with one attached hydrogen (secondary N) is 1. The van der Waals surface area contributed by atoms with E-state index in [1.807, 2.05) is 0 Å². The number of benzene rings is 2. The number of ether oxygens (including phenoxy) is 2. The van der Waals surface area contributed by atoms with E-state index in [9.17, 15) is 9.59 Å². The van der Waals surface area contributed by atoms with Gasteiger partial charge in [-0.1, -0.05) is 23.2 Å². The van der Waals surface area contributed by atoms with Gasteiger partial charge in [-0.3, -0.25) is 9.59 Å².